The summed E-state index contributed by atoms with van der Waals surface area (Å²) in [5.41, 5.74) is 1.07. The molecule has 0 unspecified atom stereocenters. The summed E-state index contributed by atoms with van der Waals surface area (Å²) in [5.74, 6) is 1.38. The van der Waals surface area contributed by atoms with Crippen LogP contribution in [0.1, 0.15) is 18.9 Å². The van der Waals surface area contributed by atoms with Crippen LogP contribution in [0.15, 0.2) is 24.3 Å². The first-order chi connectivity index (χ1) is 8.40. The molecule has 1 heterocycles. The molecule has 2 N–H and O–H groups in total. The van der Waals surface area contributed by atoms with Gasteiger partial charge in [0.25, 0.3) is 5.95 Å². The zero-order valence-electron chi connectivity index (χ0n) is 9.68. The molecule has 0 spiro atoms. The van der Waals surface area contributed by atoms with Crippen LogP contribution in [0, 0.1) is 0 Å². The van der Waals surface area contributed by atoms with Crippen LogP contribution in [0.5, 0.6) is 5.75 Å². The zero-order valence-corrected chi connectivity index (χ0v) is 9.68. The van der Waals surface area contributed by atoms with Gasteiger partial charge in [-0.15, -0.1) is 5.10 Å². The van der Waals surface area contributed by atoms with E-state index in [0.717, 1.165) is 24.3 Å². The van der Waals surface area contributed by atoms with E-state index in [9.17, 15) is 0 Å². The molecule has 1 aromatic heterocycles. The van der Waals surface area contributed by atoms with E-state index in [0.29, 0.717) is 12.5 Å². The number of rotatable bonds is 6. The van der Waals surface area contributed by atoms with Gasteiger partial charge in [0.15, 0.2) is 0 Å². The predicted molar refractivity (Wildman–Crippen MR) is 63.7 cm³/mol. The number of H-pyrrole nitrogens is 1. The highest BCUT2D eigenvalue weighted by Crippen LogP contribution is 2.18. The lowest BCUT2D eigenvalue weighted by Gasteiger charge is -2.10. The van der Waals surface area contributed by atoms with Crippen molar-refractivity contribution in [3.05, 3.63) is 29.8 Å². The summed E-state index contributed by atoms with van der Waals surface area (Å²) in [6, 6.07) is 7.91. The summed E-state index contributed by atoms with van der Waals surface area (Å²) in [6.07, 6.45) is 0.993. The lowest BCUT2D eigenvalue weighted by molar-refractivity contribution is 0.314. The number of anilines is 1. The van der Waals surface area contributed by atoms with Gasteiger partial charge in [-0.2, -0.15) is 5.21 Å². The Morgan fingerprint density at radius 2 is 2.24 bits per heavy atom. The van der Waals surface area contributed by atoms with Crippen LogP contribution < -0.4 is 10.1 Å². The van der Waals surface area contributed by atoms with Crippen LogP contribution in [0.25, 0.3) is 0 Å². The lowest BCUT2D eigenvalue weighted by Crippen LogP contribution is -2.04. The van der Waals surface area contributed by atoms with Gasteiger partial charge in [0.1, 0.15) is 5.75 Å². The van der Waals surface area contributed by atoms with Gasteiger partial charge in [-0.25, -0.2) is 0 Å². The van der Waals surface area contributed by atoms with E-state index in [1.807, 2.05) is 24.3 Å². The summed E-state index contributed by atoms with van der Waals surface area (Å²) < 4.78 is 5.65. The Morgan fingerprint density at radius 1 is 1.35 bits per heavy atom. The molecule has 0 aliphatic heterocycles. The molecule has 90 valence electrons. The Kier molecular flexibility index (Phi) is 3.90. The quantitative estimate of drug-likeness (QED) is 0.792. The number of nitrogens with zero attached hydrogens (tertiary/aromatic N) is 3. The van der Waals surface area contributed by atoms with Crippen molar-refractivity contribution in [2.75, 3.05) is 11.9 Å². The van der Waals surface area contributed by atoms with Gasteiger partial charge < -0.3 is 10.1 Å². The number of hydrogen-bond donors (Lipinski definition) is 2. The summed E-state index contributed by atoms with van der Waals surface area (Å²) in [4.78, 5) is 0. The number of aromatic nitrogens is 4. The maximum absolute atomic E-state index is 5.65. The summed E-state index contributed by atoms with van der Waals surface area (Å²) in [5, 5.41) is 16.6. The molecule has 6 nitrogen and oxygen atoms in total. The topological polar surface area (TPSA) is 75.7 Å². The van der Waals surface area contributed by atoms with E-state index in [2.05, 4.69) is 32.9 Å². The van der Waals surface area contributed by atoms with Crippen molar-refractivity contribution in [1.82, 2.24) is 20.6 Å². The van der Waals surface area contributed by atoms with Crippen molar-refractivity contribution >= 4 is 5.95 Å². The summed E-state index contributed by atoms with van der Waals surface area (Å²) in [6.45, 7) is 3.42. The third-order valence-corrected chi connectivity index (χ3v) is 2.22. The smallest absolute Gasteiger partial charge is 0.263 e. The lowest BCUT2D eigenvalue weighted by atomic mass is 10.2. The fourth-order valence-corrected chi connectivity index (χ4v) is 1.41. The van der Waals surface area contributed by atoms with E-state index < -0.39 is 0 Å². The molecular formula is C11H15N5O. The number of nitrogens with one attached hydrogen (secondary N) is 2. The molecule has 0 bridgehead atoms. The van der Waals surface area contributed by atoms with Crippen molar-refractivity contribution in [3.8, 4) is 5.75 Å². The van der Waals surface area contributed by atoms with Gasteiger partial charge in [0, 0.05) is 12.1 Å². The second-order valence-corrected chi connectivity index (χ2v) is 3.55. The fraction of sp³-hybridized carbons (Fsp3) is 0.364. The fourth-order valence-electron chi connectivity index (χ4n) is 1.41. The average Bonchev–Trinajstić information content (AvgIpc) is 2.88. The van der Waals surface area contributed by atoms with Gasteiger partial charge >= 0.3 is 0 Å². The van der Waals surface area contributed by atoms with E-state index in [1.54, 1.807) is 0 Å². The second-order valence-electron chi connectivity index (χ2n) is 3.55. The minimum absolute atomic E-state index is 0.482. The SMILES string of the molecule is CCCOc1ccccc1CNc1nn[nH]n1. The number of aromatic amines is 1. The maximum Gasteiger partial charge on any atom is 0.263 e. The molecule has 0 radical (unpaired) electrons. The minimum Gasteiger partial charge on any atom is -0.493 e. The van der Waals surface area contributed by atoms with E-state index in [1.165, 1.54) is 0 Å². The molecule has 0 saturated heterocycles. The van der Waals surface area contributed by atoms with Gasteiger partial charge in [0.2, 0.25) is 0 Å². The van der Waals surface area contributed by atoms with Crippen molar-refractivity contribution in [2.24, 2.45) is 0 Å². The molecule has 0 saturated carbocycles. The monoisotopic (exact) mass is 233 g/mol. The first kappa shape index (κ1) is 11.4. The van der Waals surface area contributed by atoms with E-state index in [4.69, 9.17) is 4.74 Å². The van der Waals surface area contributed by atoms with E-state index >= 15 is 0 Å². The molecule has 1 aromatic carbocycles. The molecule has 2 aromatic rings. The number of benzene rings is 1. The molecule has 2 rings (SSSR count). The van der Waals surface area contributed by atoms with E-state index in [-0.39, 0.29) is 0 Å². The van der Waals surface area contributed by atoms with Gasteiger partial charge in [-0.05, 0) is 17.7 Å². The molecule has 0 aliphatic carbocycles. The third-order valence-electron chi connectivity index (χ3n) is 2.22. The zero-order chi connectivity index (χ0) is 11.9. The predicted octanol–water partition coefficient (Wildman–Crippen LogP) is 1.60. The highest BCUT2D eigenvalue weighted by Gasteiger charge is 2.03. The summed E-state index contributed by atoms with van der Waals surface area (Å²) >= 11 is 0. The van der Waals surface area contributed by atoms with Crippen LogP contribution in [0.4, 0.5) is 5.95 Å². The number of tetrazole rings is 1. The van der Waals surface area contributed by atoms with Crippen LogP contribution >= 0.6 is 0 Å². The molecule has 0 fully saturated rings. The van der Waals surface area contributed by atoms with Gasteiger partial charge in [0.05, 0.1) is 6.61 Å². The average molecular weight is 233 g/mol. The Hall–Kier alpha value is -2.11. The van der Waals surface area contributed by atoms with Crippen LogP contribution in [-0.2, 0) is 6.54 Å². The molecule has 6 heteroatoms. The van der Waals surface area contributed by atoms with Crippen LogP contribution in [0.3, 0.4) is 0 Å². The number of ether oxygens (including phenoxy) is 1. The maximum atomic E-state index is 5.65. The minimum atomic E-state index is 0.482. The number of hydrogen-bond acceptors (Lipinski definition) is 5. The first-order valence-corrected chi connectivity index (χ1v) is 5.58. The second kappa shape index (κ2) is 5.83. The van der Waals surface area contributed by atoms with Gasteiger partial charge in [-0.3, -0.25) is 0 Å². The molecule has 0 amide bonds. The number of para-hydroxylation sites is 1. The van der Waals surface area contributed by atoms with Crippen molar-refractivity contribution in [2.45, 2.75) is 19.9 Å². The largest absolute Gasteiger partial charge is 0.493 e. The summed E-state index contributed by atoms with van der Waals surface area (Å²) in [7, 11) is 0. The van der Waals surface area contributed by atoms with Crippen LogP contribution in [0.2, 0.25) is 0 Å². The molecule has 17 heavy (non-hydrogen) atoms. The highest BCUT2D eigenvalue weighted by atomic mass is 16.5. The molecular weight excluding hydrogens is 218 g/mol. The normalized spacial score (nSPS) is 10.2. The first-order valence-electron chi connectivity index (χ1n) is 5.58. The highest BCUT2D eigenvalue weighted by molar-refractivity contribution is 5.36. The molecule has 0 aliphatic rings. The van der Waals surface area contributed by atoms with Gasteiger partial charge in [-0.1, -0.05) is 30.2 Å². The third kappa shape index (κ3) is 3.17. The van der Waals surface area contributed by atoms with Crippen molar-refractivity contribution in [1.29, 1.82) is 0 Å². The Balaban J connectivity index is 1.99. The van der Waals surface area contributed by atoms with Crippen LogP contribution in [-0.4, -0.2) is 27.2 Å². The molecule has 0 atom stereocenters. The van der Waals surface area contributed by atoms with Crippen molar-refractivity contribution in [3.63, 3.8) is 0 Å². The Labute approximate surface area is 99.4 Å². The Morgan fingerprint density at radius 3 is 3.00 bits per heavy atom. The Bertz CT molecular complexity index is 443. The van der Waals surface area contributed by atoms with Crippen molar-refractivity contribution < 1.29 is 4.74 Å². The standard InChI is InChI=1S/C11H15N5O/c1-2-7-17-10-6-4-3-5-9(10)8-12-11-13-15-16-14-11/h3-6H,2,7-8H2,1H3,(H2,12,13,14,15,16).